The van der Waals surface area contributed by atoms with Crippen molar-refractivity contribution in [2.24, 2.45) is 11.5 Å². The monoisotopic (exact) mass is 678 g/mol. The summed E-state index contributed by atoms with van der Waals surface area (Å²) in [6, 6.07) is 20.0. The highest BCUT2D eigenvalue weighted by molar-refractivity contribution is 5.96. The van der Waals surface area contributed by atoms with Gasteiger partial charge >= 0.3 is 0 Å². The number of carbonyl (C=O) groups is 5. The van der Waals surface area contributed by atoms with Crippen LogP contribution in [0.1, 0.15) is 30.0 Å². The molecule has 4 atom stereocenters. The largest absolute Gasteiger partial charge is 0.368 e. The molecule has 0 saturated carbocycles. The summed E-state index contributed by atoms with van der Waals surface area (Å²) in [5.41, 5.74) is 15.3. The van der Waals surface area contributed by atoms with Gasteiger partial charge in [0.1, 0.15) is 24.2 Å². The van der Waals surface area contributed by atoms with Crippen molar-refractivity contribution in [3.05, 3.63) is 108 Å². The number of aromatic nitrogens is 2. The standard InChI is InChI=1S/C37H42N8O5/c1-22(42-36(49)31(43-33(46)15-16-38)18-24-20-40-28-13-7-5-11-26(24)28)35(48)45-32(19-25-21-41-29-14-8-6-12-27(25)29)37(50)44-30(34(39)47)17-23-9-3-2-4-10-23/h2-14,20-22,30-32,40-41H,15-19,38H2,1H3,(H2,39,47)(H,42,49)(H,43,46)(H,44,50)(H,45,48)/t22-,30+,31+,32-/m1/s1. The Morgan fingerprint density at radius 2 is 1.12 bits per heavy atom. The minimum Gasteiger partial charge on any atom is -0.368 e. The van der Waals surface area contributed by atoms with Gasteiger partial charge < -0.3 is 42.7 Å². The van der Waals surface area contributed by atoms with E-state index in [2.05, 4.69) is 31.2 Å². The van der Waals surface area contributed by atoms with Crippen molar-refractivity contribution in [1.82, 2.24) is 31.2 Å². The lowest BCUT2D eigenvalue weighted by Crippen LogP contribution is -2.58. The van der Waals surface area contributed by atoms with Crippen molar-refractivity contribution in [3.8, 4) is 0 Å². The van der Waals surface area contributed by atoms with E-state index in [0.29, 0.717) is 0 Å². The fourth-order valence-corrected chi connectivity index (χ4v) is 5.88. The maximum Gasteiger partial charge on any atom is 0.243 e. The smallest absolute Gasteiger partial charge is 0.243 e. The normalized spacial score (nSPS) is 13.6. The van der Waals surface area contributed by atoms with E-state index >= 15 is 0 Å². The molecule has 2 heterocycles. The molecule has 0 unspecified atom stereocenters. The molecular formula is C37H42N8O5. The first kappa shape index (κ1) is 35.4. The Morgan fingerprint density at radius 1 is 0.620 bits per heavy atom. The number of benzene rings is 3. The zero-order valence-corrected chi connectivity index (χ0v) is 27.7. The van der Waals surface area contributed by atoms with Gasteiger partial charge in [-0.2, -0.15) is 0 Å². The summed E-state index contributed by atoms with van der Waals surface area (Å²) in [7, 11) is 0. The molecule has 0 saturated heterocycles. The number of aromatic amines is 2. The number of amides is 5. The predicted octanol–water partition coefficient (Wildman–Crippen LogP) is 1.47. The number of hydrogen-bond acceptors (Lipinski definition) is 6. The van der Waals surface area contributed by atoms with Crippen molar-refractivity contribution < 1.29 is 24.0 Å². The van der Waals surface area contributed by atoms with E-state index in [0.717, 1.165) is 38.5 Å². The van der Waals surface area contributed by atoms with Crippen molar-refractivity contribution in [1.29, 1.82) is 0 Å². The summed E-state index contributed by atoms with van der Waals surface area (Å²) in [4.78, 5) is 72.3. The Morgan fingerprint density at radius 3 is 1.68 bits per heavy atom. The van der Waals surface area contributed by atoms with Crippen LogP contribution in [0, 0.1) is 0 Å². The fourth-order valence-electron chi connectivity index (χ4n) is 5.88. The van der Waals surface area contributed by atoms with E-state index in [9.17, 15) is 24.0 Å². The van der Waals surface area contributed by atoms with Gasteiger partial charge in [0, 0.05) is 66.4 Å². The molecule has 5 aromatic rings. The van der Waals surface area contributed by atoms with Gasteiger partial charge in [-0.1, -0.05) is 66.7 Å². The van der Waals surface area contributed by atoms with Crippen LogP contribution in [0.2, 0.25) is 0 Å². The van der Waals surface area contributed by atoms with Crippen LogP contribution in [-0.2, 0) is 43.2 Å². The van der Waals surface area contributed by atoms with Crippen LogP contribution in [0.15, 0.2) is 91.3 Å². The van der Waals surface area contributed by atoms with Gasteiger partial charge in [-0.3, -0.25) is 24.0 Å². The summed E-state index contributed by atoms with van der Waals surface area (Å²) in [5, 5.41) is 12.7. The average molecular weight is 679 g/mol. The number of hydrogen-bond donors (Lipinski definition) is 8. The second-order valence-electron chi connectivity index (χ2n) is 12.2. The van der Waals surface area contributed by atoms with Crippen molar-refractivity contribution in [2.45, 2.75) is 56.8 Å². The molecule has 13 heteroatoms. The summed E-state index contributed by atoms with van der Waals surface area (Å²) >= 11 is 0. The topological polar surface area (TPSA) is 217 Å². The highest BCUT2D eigenvalue weighted by Crippen LogP contribution is 2.21. The first-order valence-electron chi connectivity index (χ1n) is 16.5. The Bertz CT molecular complexity index is 1970. The number of fused-ring (bicyclic) bond motifs is 2. The zero-order valence-electron chi connectivity index (χ0n) is 27.7. The molecule has 5 rings (SSSR count). The third kappa shape index (κ3) is 8.94. The van der Waals surface area contributed by atoms with Crippen molar-refractivity contribution in [2.75, 3.05) is 6.54 Å². The number of primary amides is 1. The lowest BCUT2D eigenvalue weighted by molar-refractivity contribution is -0.134. The van der Waals surface area contributed by atoms with Gasteiger partial charge in [0.15, 0.2) is 0 Å². The number of carbonyl (C=O) groups excluding carboxylic acids is 5. The molecule has 0 aliphatic rings. The Hall–Kier alpha value is -5.95. The fraction of sp³-hybridized carbons (Fsp3) is 0.270. The molecule has 2 aromatic heterocycles. The van der Waals surface area contributed by atoms with Gasteiger partial charge in [-0.05, 0) is 35.7 Å². The van der Waals surface area contributed by atoms with Crippen LogP contribution < -0.4 is 32.7 Å². The minimum absolute atomic E-state index is 0.0227. The number of para-hydroxylation sites is 2. The van der Waals surface area contributed by atoms with E-state index in [4.69, 9.17) is 11.5 Å². The maximum atomic E-state index is 13.8. The predicted molar refractivity (Wildman–Crippen MR) is 190 cm³/mol. The SMILES string of the molecule is C[C@@H](NC(=O)[C@H](Cc1c[nH]c2ccccc12)NC(=O)CCN)C(=O)N[C@H](Cc1c[nH]c2ccccc12)C(=O)N[C@@H](Cc1ccccc1)C(N)=O. The summed E-state index contributed by atoms with van der Waals surface area (Å²) < 4.78 is 0. The van der Waals surface area contributed by atoms with Crippen LogP contribution >= 0.6 is 0 Å². The van der Waals surface area contributed by atoms with Crippen molar-refractivity contribution in [3.63, 3.8) is 0 Å². The third-order valence-corrected chi connectivity index (χ3v) is 8.55. The number of nitrogens with one attached hydrogen (secondary N) is 6. The highest BCUT2D eigenvalue weighted by atomic mass is 16.2. The second-order valence-corrected chi connectivity index (χ2v) is 12.2. The number of rotatable bonds is 16. The van der Waals surface area contributed by atoms with Crippen LogP contribution in [0.25, 0.3) is 21.8 Å². The summed E-state index contributed by atoms with van der Waals surface area (Å²) in [5.74, 6) is -2.97. The van der Waals surface area contributed by atoms with Gasteiger partial charge in [0.2, 0.25) is 29.5 Å². The molecule has 0 radical (unpaired) electrons. The minimum atomic E-state index is -1.13. The van der Waals surface area contributed by atoms with Crippen LogP contribution in [0.5, 0.6) is 0 Å². The molecule has 13 nitrogen and oxygen atoms in total. The Balaban J connectivity index is 1.32. The molecule has 5 amide bonds. The average Bonchev–Trinajstić information content (AvgIpc) is 3.71. The maximum absolute atomic E-state index is 13.8. The van der Waals surface area contributed by atoms with Gasteiger partial charge in [-0.15, -0.1) is 0 Å². The quantitative estimate of drug-likeness (QED) is 0.0773. The van der Waals surface area contributed by atoms with Gasteiger partial charge in [0.25, 0.3) is 0 Å². The molecule has 0 aliphatic heterocycles. The van der Waals surface area contributed by atoms with Crippen LogP contribution in [0.4, 0.5) is 0 Å². The first-order valence-corrected chi connectivity index (χ1v) is 16.5. The van der Waals surface area contributed by atoms with E-state index < -0.39 is 53.7 Å². The summed E-state index contributed by atoms with van der Waals surface area (Å²) in [6.45, 7) is 1.59. The molecule has 10 N–H and O–H groups in total. The molecule has 0 spiro atoms. The Labute approximate surface area is 288 Å². The van der Waals surface area contributed by atoms with Crippen LogP contribution in [0.3, 0.4) is 0 Å². The summed E-state index contributed by atoms with van der Waals surface area (Å²) in [6.07, 6.45) is 3.96. The molecule has 50 heavy (non-hydrogen) atoms. The van der Waals surface area contributed by atoms with E-state index in [1.165, 1.54) is 6.92 Å². The molecule has 260 valence electrons. The Kier molecular flexibility index (Phi) is 11.6. The highest BCUT2D eigenvalue weighted by Gasteiger charge is 2.30. The first-order chi connectivity index (χ1) is 24.1. The molecular weight excluding hydrogens is 636 g/mol. The van der Waals surface area contributed by atoms with E-state index in [-0.39, 0.29) is 32.2 Å². The zero-order chi connectivity index (χ0) is 35.6. The molecule has 0 aliphatic carbocycles. The van der Waals surface area contributed by atoms with E-state index in [1.807, 2.05) is 78.9 Å². The molecule has 0 fully saturated rings. The van der Waals surface area contributed by atoms with Gasteiger partial charge in [-0.25, -0.2) is 0 Å². The van der Waals surface area contributed by atoms with Gasteiger partial charge in [0.05, 0.1) is 0 Å². The second kappa shape index (κ2) is 16.4. The van der Waals surface area contributed by atoms with Crippen LogP contribution in [-0.4, -0.2) is 70.2 Å². The lowest BCUT2D eigenvalue weighted by Gasteiger charge is -2.25. The third-order valence-electron chi connectivity index (χ3n) is 8.55. The number of nitrogens with two attached hydrogens (primary N) is 2. The van der Waals surface area contributed by atoms with E-state index in [1.54, 1.807) is 12.4 Å². The molecule has 0 bridgehead atoms. The lowest BCUT2D eigenvalue weighted by atomic mass is 10.0. The molecule has 3 aromatic carbocycles. The van der Waals surface area contributed by atoms with Crippen molar-refractivity contribution >= 4 is 51.3 Å². The number of H-pyrrole nitrogens is 2.